The molecular weight excluding hydrogens is 420 g/mol. The van der Waals surface area contributed by atoms with E-state index in [-0.39, 0.29) is 11.7 Å². The number of amidine groups is 1. The predicted molar refractivity (Wildman–Crippen MR) is 138 cm³/mol. The summed E-state index contributed by atoms with van der Waals surface area (Å²) in [6, 6.07) is 23.8. The zero-order valence-electron chi connectivity index (χ0n) is 19.6. The first-order chi connectivity index (χ1) is 16.5. The van der Waals surface area contributed by atoms with Crippen molar-refractivity contribution in [1.82, 2.24) is 4.90 Å². The summed E-state index contributed by atoms with van der Waals surface area (Å²) in [5, 5.41) is 7.77. The molecule has 0 radical (unpaired) electrons. The number of likely N-dealkylation sites (tertiary alicyclic amines) is 1. The third-order valence-electron chi connectivity index (χ3n) is 6.09. The van der Waals surface area contributed by atoms with Gasteiger partial charge < -0.3 is 15.5 Å². The highest BCUT2D eigenvalue weighted by Crippen LogP contribution is 2.20. The first-order valence-corrected chi connectivity index (χ1v) is 11.6. The number of amides is 1. The number of carbonyl (C=O) groups is 1. The minimum absolute atomic E-state index is 0.0478. The van der Waals surface area contributed by atoms with E-state index in [2.05, 4.69) is 28.9 Å². The molecule has 3 aromatic carbocycles. The molecule has 4 rings (SSSR count). The summed E-state index contributed by atoms with van der Waals surface area (Å²) in [5.74, 6) is 6.72. The second kappa shape index (κ2) is 10.7. The fourth-order valence-electron chi connectivity index (χ4n) is 4.22. The van der Waals surface area contributed by atoms with Gasteiger partial charge in [-0.25, -0.2) is 0 Å². The molecule has 0 spiro atoms. The highest BCUT2D eigenvalue weighted by molar-refractivity contribution is 5.96. The molecule has 0 bridgehead atoms. The lowest BCUT2D eigenvalue weighted by molar-refractivity contribution is 0.0792. The van der Waals surface area contributed by atoms with E-state index in [1.54, 1.807) is 0 Å². The Bertz CT molecular complexity index is 1230. The van der Waals surface area contributed by atoms with Crippen molar-refractivity contribution in [3.63, 3.8) is 0 Å². The van der Waals surface area contributed by atoms with Gasteiger partial charge in [0.25, 0.3) is 5.91 Å². The minimum Gasteiger partial charge on any atom is -0.384 e. The zero-order valence-corrected chi connectivity index (χ0v) is 19.6. The van der Waals surface area contributed by atoms with E-state index >= 15 is 0 Å². The van der Waals surface area contributed by atoms with Crippen LogP contribution < -0.4 is 10.6 Å². The van der Waals surface area contributed by atoms with E-state index < -0.39 is 0 Å². The van der Waals surface area contributed by atoms with Gasteiger partial charge in [0.05, 0.1) is 6.54 Å². The van der Waals surface area contributed by atoms with Gasteiger partial charge in [-0.3, -0.25) is 10.2 Å². The van der Waals surface area contributed by atoms with Gasteiger partial charge >= 0.3 is 0 Å². The quantitative estimate of drug-likeness (QED) is 0.328. The van der Waals surface area contributed by atoms with Crippen molar-refractivity contribution >= 4 is 17.4 Å². The van der Waals surface area contributed by atoms with Crippen molar-refractivity contribution in [3.05, 3.63) is 101 Å². The highest BCUT2D eigenvalue weighted by atomic mass is 16.2. The molecule has 1 saturated heterocycles. The lowest BCUT2D eigenvalue weighted by Crippen LogP contribution is -2.28. The van der Waals surface area contributed by atoms with Crippen LogP contribution in [0.2, 0.25) is 0 Å². The molecule has 0 aliphatic carbocycles. The maximum atomic E-state index is 12.7. The number of nitrogen functional groups attached to an aromatic ring is 1. The summed E-state index contributed by atoms with van der Waals surface area (Å²) in [6.45, 7) is 4.89. The summed E-state index contributed by atoms with van der Waals surface area (Å²) >= 11 is 0. The van der Waals surface area contributed by atoms with Crippen LogP contribution in [-0.4, -0.2) is 36.3 Å². The number of anilines is 1. The number of hydrogen-bond donors (Lipinski definition) is 2. The van der Waals surface area contributed by atoms with Crippen molar-refractivity contribution in [2.75, 3.05) is 24.5 Å². The fraction of sp³-hybridized carbons (Fsp3) is 0.241. The van der Waals surface area contributed by atoms with Gasteiger partial charge in [0.1, 0.15) is 5.84 Å². The van der Waals surface area contributed by atoms with Crippen LogP contribution >= 0.6 is 0 Å². The molecule has 5 nitrogen and oxygen atoms in total. The van der Waals surface area contributed by atoms with Crippen molar-refractivity contribution in [2.45, 2.75) is 26.3 Å². The van der Waals surface area contributed by atoms with E-state index in [1.807, 2.05) is 72.5 Å². The SMILES string of the molecule is Cc1cc(C#CCN(Cc2ccccc2)c2cccc(C(=N)N)c2)ccc1C(=O)N1CCCC1. The molecular formula is C29H30N4O. The lowest BCUT2D eigenvalue weighted by atomic mass is 10.0. The Hall–Kier alpha value is -4.04. The maximum Gasteiger partial charge on any atom is 0.254 e. The van der Waals surface area contributed by atoms with E-state index in [0.29, 0.717) is 18.7 Å². The molecule has 172 valence electrons. The van der Waals surface area contributed by atoms with E-state index in [4.69, 9.17) is 11.1 Å². The van der Waals surface area contributed by atoms with E-state index in [9.17, 15) is 4.79 Å². The third kappa shape index (κ3) is 5.65. The molecule has 3 aromatic rings. The van der Waals surface area contributed by atoms with Gasteiger partial charge in [0, 0.05) is 42.0 Å². The first-order valence-electron chi connectivity index (χ1n) is 11.6. The monoisotopic (exact) mass is 450 g/mol. The van der Waals surface area contributed by atoms with Gasteiger partial charge in [-0.1, -0.05) is 54.3 Å². The van der Waals surface area contributed by atoms with E-state index in [1.165, 1.54) is 5.56 Å². The number of benzene rings is 3. The number of nitrogens with two attached hydrogens (primary N) is 1. The summed E-state index contributed by atoms with van der Waals surface area (Å²) < 4.78 is 0. The number of rotatable bonds is 6. The number of aryl methyl sites for hydroxylation is 1. The van der Waals surface area contributed by atoms with Crippen LogP contribution in [-0.2, 0) is 6.54 Å². The zero-order chi connectivity index (χ0) is 23.9. The molecule has 34 heavy (non-hydrogen) atoms. The number of hydrogen-bond acceptors (Lipinski definition) is 3. The Labute approximate surface area is 201 Å². The Kier molecular flexibility index (Phi) is 7.29. The van der Waals surface area contributed by atoms with Crippen LogP contribution in [0.5, 0.6) is 0 Å². The van der Waals surface area contributed by atoms with Crippen molar-refractivity contribution in [1.29, 1.82) is 5.41 Å². The van der Waals surface area contributed by atoms with Gasteiger partial charge in [0.2, 0.25) is 0 Å². The molecule has 1 amide bonds. The Morgan fingerprint density at radius 3 is 2.50 bits per heavy atom. The molecule has 0 saturated carbocycles. The summed E-state index contributed by atoms with van der Waals surface area (Å²) in [7, 11) is 0. The minimum atomic E-state index is 0.0478. The van der Waals surface area contributed by atoms with Crippen LogP contribution in [0.25, 0.3) is 0 Å². The normalized spacial score (nSPS) is 12.7. The second-order valence-electron chi connectivity index (χ2n) is 8.64. The Balaban J connectivity index is 1.53. The van der Waals surface area contributed by atoms with E-state index in [0.717, 1.165) is 48.3 Å². The van der Waals surface area contributed by atoms with Crippen LogP contribution in [0.15, 0.2) is 72.8 Å². The Morgan fingerprint density at radius 2 is 1.79 bits per heavy atom. The smallest absolute Gasteiger partial charge is 0.254 e. The topological polar surface area (TPSA) is 73.4 Å². The number of nitrogens with one attached hydrogen (secondary N) is 1. The van der Waals surface area contributed by atoms with Gasteiger partial charge in [-0.2, -0.15) is 0 Å². The molecule has 1 fully saturated rings. The third-order valence-corrected chi connectivity index (χ3v) is 6.09. The molecule has 1 aliphatic heterocycles. The first kappa shape index (κ1) is 23.1. The van der Waals surface area contributed by atoms with Crippen LogP contribution in [0.3, 0.4) is 0 Å². The summed E-state index contributed by atoms with van der Waals surface area (Å²) in [6.07, 6.45) is 2.17. The second-order valence-corrected chi connectivity index (χ2v) is 8.64. The molecule has 5 heteroatoms. The van der Waals surface area contributed by atoms with Gasteiger partial charge in [0.15, 0.2) is 0 Å². The predicted octanol–water partition coefficient (Wildman–Crippen LogP) is 4.57. The Morgan fingerprint density at radius 1 is 1.03 bits per heavy atom. The lowest BCUT2D eigenvalue weighted by Gasteiger charge is -2.23. The average Bonchev–Trinajstić information content (AvgIpc) is 3.39. The maximum absolute atomic E-state index is 12.7. The number of nitrogens with zero attached hydrogens (tertiary/aromatic N) is 2. The fourth-order valence-corrected chi connectivity index (χ4v) is 4.22. The molecule has 1 aliphatic rings. The summed E-state index contributed by atoms with van der Waals surface area (Å²) in [4.78, 5) is 16.9. The van der Waals surface area contributed by atoms with Crippen LogP contribution in [0.1, 0.15) is 45.5 Å². The van der Waals surface area contributed by atoms with Gasteiger partial charge in [-0.05, 0) is 61.2 Å². The van der Waals surface area contributed by atoms with Crippen LogP contribution in [0.4, 0.5) is 5.69 Å². The van der Waals surface area contributed by atoms with Crippen LogP contribution in [0, 0.1) is 24.2 Å². The molecule has 3 N–H and O–H groups in total. The van der Waals surface area contributed by atoms with Crippen molar-refractivity contribution in [3.8, 4) is 11.8 Å². The molecule has 0 aromatic heterocycles. The molecule has 0 atom stereocenters. The standard InChI is InChI=1S/C29H30N4O/c1-22-19-23(14-15-27(22)29(34)32-16-5-6-17-32)11-8-18-33(21-24-9-3-2-4-10-24)26-13-7-12-25(20-26)28(30)31/h2-4,7,9-10,12-15,19-20H,5-6,16-18,21H2,1H3,(H3,30,31). The average molecular weight is 451 g/mol. The van der Waals surface area contributed by atoms with Gasteiger partial charge in [-0.15, -0.1) is 0 Å². The largest absolute Gasteiger partial charge is 0.384 e. The summed E-state index contributed by atoms with van der Waals surface area (Å²) in [5.41, 5.74) is 11.2. The highest BCUT2D eigenvalue weighted by Gasteiger charge is 2.20. The molecule has 0 unspecified atom stereocenters. The van der Waals surface area contributed by atoms with Crippen molar-refractivity contribution < 1.29 is 4.79 Å². The molecule has 1 heterocycles. The van der Waals surface area contributed by atoms with Crippen molar-refractivity contribution in [2.24, 2.45) is 5.73 Å². The number of carbonyl (C=O) groups excluding carboxylic acids is 1.